The number of aromatic nitrogens is 1. The highest BCUT2D eigenvalue weighted by molar-refractivity contribution is 6.05. The van der Waals surface area contributed by atoms with Gasteiger partial charge >= 0.3 is 0 Å². The summed E-state index contributed by atoms with van der Waals surface area (Å²) in [5.74, 6) is 0.838. The molecule has 0 aliphatic heterocycles. The van der Waals surface area contributed by atoms with E-state index in [4.69, 9.17) is 13.9 Å². The van der Waals surface area contributed by atoms with Crippen LogP contribution in [0, 0.1) is 5.82 Å². The molecule has 4 aromatic carbocycles. The Kier molecular flexibility index (Phi) is 6.13. The average Bonchev–Trinajstić information content (AvgIpc) is 3.33. The Hall–Kier alpha value is -4.65. The number of amides is 1. The Morgan fingerprint density at radius 3 is 2.60 bits per heavy atom. The first kappa shape index (κ1) is 22.2. The molecule has 0 radical (unpaired) electrons. The minimum Gasteiger partial charge on any atom is -0.495 e. The maximum Gasteiger partial charge on any atom is 0.255 e. The summed E-state index contributed by atoms with van der Waals surface area (Å²) in [7, 11) is 1.54. The van der Waals surface area contributed by atoms with Crippen LogP contribution in [0.4, 0.5) is 10.1 Å². The van der Waals surface area contributed by atoms with E-state index in [-0.39, 0.29) is 18.3 Å². The zero-order valence-electron chi connectivity index (χ0n) is 18.8. The standard InChI is InChI=1S/C28H21FN2O4/c1-33-25-14-11-20(28-31-23-7-2-3-8-26(23)35-28)16-24(25)30-27(32)19-5-4-6-22(15-19)34-17-18-9-12-21(29)13-10-18/h2-16H,17H2,1H3,(H,30,32). The Bertz CT molecular complexity index is 1460. The van der Waals surface area contributed by atoms with E-state index < -0.39 is 0 Å². The molecule has 0 unspecified atom stereocenters. The van der Waals surface area contributed by atoms with Crippen LogP contribution >= 0.6 is 0 Å². The van der Waals surface area contributed by atoms with Gasteiger partial charge in [-0.3, -0.25) is 4.79 Å². The Morgan fingerprint density at radius 2 is 1.80 bits per heavy atom. The molecule has 0 saturated carbocycles. The fraction of sp³-hybridized carbons (Fsp3) is 0.0714. The fourth-order valence-corrected chi connectivity index (χ4v) is 3.60. The van der Waals surface area contributed by atoms with Crippen LogP contribution in [0.5, 0.6) is 11.5 Å². The van der Waals surface area contributed by atoms with Gasteiger partial charge in [-0.2, -0.15) is 0 Å². The second-order valence-corrected chi connectivity index (χ2v) is 7.80. The molecule has 1 amide bonds. The first-order chi connectivity index (χ1) is 17.1. The molecule has 0 saturated heterocycles. The molecule has 0 bridgehead atoms. The van der Waals surface area contributed by atoms with Crippen molar-refractivity contribution in [2.45, 2.75) is 6.61 Å². The fourth-order valence-electron chi connectivity index (χ4n) is 3.60. The van der Waals surface area contributed by atoms with Crippen LogP contribution in [0.3, 0.4) is 0 Å². The summed E-state index contributed by atoms with van der Waals surface area (Å²) in [6, 6.07) is 25.7. The molecule has 0 spiro atoms. The van der Waals surface area contributed by atoms with Gasteiger partial charge in [0.05, 0.1) is 12.8 Å². The van der Waals surface area contributed by atoms with E-state index in [1.807, 2.05) is 30.3 Å². The SMILES string of the molecule is COc1ccc(-c2nc3ccccc3o2)cc1NC(=O)c1cccc(OCc2ccc(F)cc2)c1. The third kappa shape index (κ3) is 4.99. The van der Waals surface area contributed by atoms with Gasteiger partial charge in [-0.15, -0.1) is 0 Å². The van der Waals surface area contributed by atoms with Crippen molar-refractivity contribution in [1.82, 2.24) is 4.98 Å². The van der Waals surface area contributed by atoms with Crippen LogP contribution in [0.1, 0.15) is 15.9 Å². The molecule has 0 aliphatic rings. The van der Waals surface area contributed by atoms with Crippen LogP contribution in [0.2, 0.25) is 0 Å². The smallest absolute Gasteiger partial charge is 0.255 e. The predicted molar refractivity (Wildman–Crippen MR) is 131 cm³/mol. The van der Waals surface area contributed by atoms with Crippen molar-refractivity contribution in [3.05, 3.63) is 108 Å². The molecule has 1 N–H and O–H groups in total. The van der Waals surface area contributed by atoms with E-state index >= 15 is 0 Å². The minimum absolute atomic E-state index is 0.256. The van der Waals surface area contributed by atoms with E-state index in [1.165, 1.54) is 19.2 Å². The molecular formula is C28H21FN2O4. The zero-order chi connectivity index (χ0) is 24.2. The van der Waals surface area contributed by atoms with Crippen molar-refractivity contribution < 1.29 is 23.1 Å². The van der Waals surface area contributed by atoms with Crippen molar-refractivity contribution in [2.24, 2.45) is 0 Å². The molecule has 1 aromatic heterocycles. The lowest BCUT2D eigenvalue weighted by atomic mass is 10.1. The van der Waals surface area contributed by atoms with Crippen molar-refractivity contribution in [2.75, 3.05) is 12.4 Å². The number of hydrogen-bond donors (Lipinski definition) is 1. The summed E-state index contributed by atoms with van der Waals surface area (Å²) in [5.41, 5.74) is 3.85. The number of benzene rings is 4. The summed E-state index contributed by atoms with van der Waals surface area (Å²) < 4.78 is 30.2. The number of para-hydroxylation sites is 2. The van der Waals surface area contributed by atoms with Crippen molar-refractivity contribution >= 4 is 22.7 Å². The van der Waals surface area contributed by atoms with Gasteiger partial charge in [0.15, 0.2) is 5.58 Å². The molecule has 5 rings (SSSR count). The van der Waals surface area contributed by atoms with Gasteiger partial charge in [0.25, 0.3) is 5.91 Å². The molecular weight excluding hydrogens is 447 g/mol. The number of halogens is 1. The zero-order valence-corrected chi connectivity index (χ0v) is 18.8. The molecule has 174 valence electrons. The van der Waals surface area contributed by atoms with E-state index in [0.717, 1.165) is 11.1 Å². The molecule has 0 aliphatic carbocycles. The number of fused-ring (bicyclic) bond motifs is 1. The lowest BCUT2D eigenvalue weighted by Gasteiger charge is -2.12. The van der Waals surface area contributed by atoms with Crippen molar-refractivity contribution in [3.63, 3.8) is 0 Å². The third-order valence-corrected chi connectivity index (χ3v) is 5.40. The first-order valence-corrected chi connectivity index (χ1v) is 10.9. The highest BCUT2D eigenvalue weighted by atomic mass is 19.1. The number of nitrogens with one attached hydrogen (secondary N) is 1. The average molecular weight is 468 g/mol. The summed E-state index contributed by atoms with van der Waals surface area (Å²) >= 11 is 0. The summed E-state index contributed by atoms with van der Waals surface area (Å²) in [5, 5.41) is 2.90. The van der Waals surface area contributed by atoms with E-state index in [1.54, 1.807) is 48.5 Å². The van der Waals surface area contributed by atoms with Crippen molar-refractivity contribution in [3.8, 4) is 23.0 Å². The van der Waals surface area contributed by atoms with Gasteiger partial charge in [-0.1, -0.05) is 30.3 Å². The number of nitrogens with zero attached hydrogens (tertiary/aromatic N) is 1. The minimum atomic E-state index is -0.328. The Morgan fingerprint density at radius 1 is 0.971 bits per heavy atom. The number of carbonyl (C=O) groups excluding carboxylic acids is 1. The van der Waals surface area contributed by atoms with Gasteiger partial charge in [-0.25, -0.2) is 9.37 Å². The summed E-state index contributed by atoms with van der Waals surface area (Å²) in [6.07, 6.45) is 0. The van der Waals surface area contributed by atoms with Crippen LogP contribution in [-0.2, 0) is 6.61 Å². The first-order valence-electron chi connectivity index (χ1n) is 10.9. The molecule has 6 nitrogen and oxygen atoms in total. The van der Waals surface area contributed by atoms with E-state index in [9.17, 15) is 9.18 Å². The van der Waals surface area contributed by atoms with Crippen LogP contribution < -0.4 is 14.8 Å². The van der Waals surface area contributed by atoms with Gasteiger partial charge in [0.2, 0.25) is 5.89 Å². The largest absolute Gasteiger partial charge is 0.495 e. The maximum atomic E-state index is 13.1. The topological polar surface area (TPSA) is 73.6 Å². The van der Waals surface area contributed by atoms with Gasteiger partial charge < -0.3 is 19.2 Å². The van der Waals surface area contributed by atoms with Gasteiger partial charge in [-0.05, 0) is 66.2 Å². The number of hydrogen-bond acceptors (Lipinski definition) is 5. The Balaban J connectivity index is 1.34. The number of oxazole rings is 1. The normalized spacial score (nSPS) is 10.8. The second-order valence-electron chi connectivity index (χ2n) is 7.80. The highest BCUT2D eigenvalue weighted by Crippen LogP contribution is 2.32. The Labute approximate surface area is 200 Å². The second kappa shape index (κ2) is 9.69. The molecule has 0 atom stereocenters. The summed E-state index contributed by atoms with van der Waals surface area (Å²) in [4.78, 5) is 17.6. The lowest BCUT2D eigenvalue weighted by Crippen LogP contribution is -2.13. The lowest BCUT2D eigenvalue weighted by molar-refractivity contribution is 0.102. The maximum absolute atomic E-state index is 13.1. The highest BCUT2D eigenvalue weighted by Gasteiger charge is 2.15. The number of anilines is 1. The number of carbonyl (C=O) groups is 1. The summed E-state index contributed by atoms with van der Waals surface area (Å²) in [6.45, 7) is 0.256. The quantitative estimate of drug-likeness (QED) is 0.296. The molecule has 0 fully saturated rings. The molecule has 7 heteroatoms. The third-order valence-electron chi connectivity index (χ3n) is 5.40. The van der Waals surface area contributed by atoms with Crippen LogP contribution in [0.15, 0.2) is 95.4 Å². The van der Waals surface area contributed by atoms with Crippen molar-refractivity contribution in [1.29, 1.82) is 0 Å². The van der Waals surface area contributed by atoms with E-state index in [0.29, 0.717) is 39.8 Å². The predicted octanol–water partition coefficient (Wildman–Crippen LogP) is 6.47. The van der Waals surface area contributed by atoms with Crippen LogP contribution in [-0.4, -0.2) is 18.0 Å². The number of rotatable bonds is 7. The van der Waals surface area contributed by atoms with Crippen LogP contribution in [0.25, 0.3) is 22.6 Å². The number of ether oxygens (including phenoxy) is 2. The number of methoxy groups -OCH3 is 1. The van der Waals surface area contributed by atoms with E-state index in [2.05, 4.69) is 10.3 Å². The molecule has 35 heavy (non-hydrogen) atoms. The monoisotopic (exact) mass is 468 g/mol. The molecule has 5 aromatic rings. The van der Waals surface area contributed by atoms with Gasteiger partial charge in [0, 0.05) is 11.1 Å². The molecule has 1 heterocycles. The van der Waals surface area contributed by atoms with Gasteiger partial charge in [0.1, 0.15) is 29.4 Å².